The van der Waals surface area contributed by atoms with Gasteiger partial charge in [0.2, 0.25) is 11.8 Å². The normalized spacial score (nSPS) is 17.9. The molecule has 4 amide bonds. The third kappa shape index (κ3) is 8.51. The highest BCUT2D eigenvalue weighted by atomic mass is 16.5. The minimum Gasteiger partial charge on any atom is -0.453 e. The number of carbonyl (C=O) groups excluding carboxylic acids is 4. The van der Waals surface area contributed by atoms with Crippen molar-refractivity contribution in [3.8, 4) is 11.1 Å². The quantitative estimate of drug-likeness (QED) is 0.105. The molecular formula is C44H54N8O6. The maximum atomic E-state index is 13.6. The van der Waals surface area contributed by atoms with Crippen LogP contribution in [0.15, 0.2) is 60.8 Å². The van der Waals surface area contributed by atoms with Crippen molar-refractivity contribution in [1.82, 2.24) is 40.4 Å². The van der Waals surface area contributed by atoms with E-state index in [1.54, 1.807) is 0 Å². The van der Waals surface area contributed by atoms with Gasteiger partial charge in [-0.25, -0.2) is 19.6 Å². The number of imidazole rings is 2. The van der Waals surface area contributed by atoms with E-state index in [9.17, 15) is 19.2 Å². The van der Waals surface area contributed by atoms with Crippen LogP contribution in [-0.2, 0) is 31.9 Å². The van der Waals surface area contributed by atoms with E-state index < -0.39 is 24.3 Å². The second kappa shape index (κ2) is 17.3. The van der Waals surface area contributed by atoms with Gasteiger partial charge in [-0.05, 0) is 96.0 Å². The molecule has 3 aromatic carbocycles. The Balaban J connectivity index is 1.00. The molecule has 0 saturated carbocycles. The Morgan fingerprint density at radius 3 is 1.91 bits per heavy atom. The second-order valence-electron chi connectivity index (χ2n) is 16.1. The lowest BCUT2D eigenvalue weighted by Crippen LogP contribution is -2.51. The van der Waals surface area contributed by atoms with Crippen LogP contribution in [0, 0.1) is 11.8 Å². The molecule has 4 N–H and O–H groups in total. The predicted octanol–water partition coefficient (Wildman–Crippen LogP) is 6.98. The zero-order valence-electron chi connectivity index (χ0n) is 34.1. The highest BCUT2D eigenvalue weighted by molar-refractivity contribution is 5.90. The summed E-state index contributed by atoms with van der Waals surface area (Å²) in [5, 5.41) is 7.71. The minimum atomic E-state index is -0.686. The summed E-state index contributed by atoms with van der Waals surface area (Å²) in [6.07, 6.45) is 5.56. The summed E-state index contributed by atoms with van der Waals surface area (Å²) in [6.45, 7) is 8.85. The lowest BCUT2D eigenvalue weighted by molar-refractivity contribution is -0.136. The van der Waals surface area contributed by atoms with Crippen molar-refractivity contribution < 1.29 is 28.7 Å². The topological polar surface area (TPSA) is 175 Å². The molecule has 0 radical (unpaired) electrons. The summed E-state index contributed by atoms with van der Waals surface area (Å²) in [6, 6.07) is 17.6. The zero-order valence-corrected chi connectivity index (χ0v) is 34.1. The number of carbonyl (C=O) groups is 4. The van der Waals surface area contributed by atoms with Crippen LogP contribution in [0.25, 0.3) is 32.9 Å². The number of benzene rings is 3. The number of nitrogens with zero attached hydrogens (tertiary/aromatic N) is 4. The molecule has 14 heteroatoms. The monoisotopic (exact) mass is 790 g/mol. The lowest BCUT2D eigenvalue weighted by atomic mass is 9.98. The zero-order chi connectivity index (χ0) is 41.1. The standard InChI is InChI=1S/C44H54N8O6/c1-25(2)37(49-43(55)57-5)41(53)51-19-7-9-35(51)39-45-24-32(46-39)17-12-27-11-13-29-22-30(15-14-28(29)21-27)31-16-18-33-34(23-31)48-40(47-33)36-10-8-20-52(36)42(54)38(26(3)4)50-44(56)58-6/h11,13-16,18,21-26,35-38H,7-10,12,17,19-20H2,1-6H3,(H,45,46)(H,47,48)(H,49,55)(H,50,56)/t35-,36-,37-,38-/m0/s1. The number of ether oxygens (including phenoxy) is 2. The van der Waals surface area contributed by atoms with Crippen LogP contribution in [0.5, 0.6) is 0 Å². The fourth-order valence-corrected chi connectivity index (χ4v) is 8.33. The van der Waals surface area contributed by atoms with Crippen LogP contribution < -0.4 is 10.6 Å². The molecule has 0 spiro atoms. The van der Waals surface area contributed by atoms with E-state index in [2.05, 4.69) is 74.1 Å². The van der Waals surface area contributed by atoms with Gasteiger partial charge in [-0.15, -0.1) is 0 Å². The number of fused-ring (bicyclic) bond motifs is 2. The van der Waals surface area contributed by atoms with Crippen molar-refractivity contribution in [3.05, 3.63) is 83.7 Å². The fraction of sp³-hybridized carbons (Fsp3) is 0.455. The lowest BCUT2D eigenvalue weighted by Gasteiger charge is -2.30. The Bertz CT molecular complexity index is 2300. The smallest absolute Gasteiger partial charge is 0.407 e. The van der Waals surface area contributed by atoms with Crippen molar-refractivity contribution in [3.63, 3.8) is 0 Å². The van der Waals surface area contributed by atoms with Crippen molar-refractivity contribution >= 4 is 45.8 Å². The first kappa shape index (κ1) is 40.3. The number of alkyl carbamates (subject to hydrolysis) is 2. The second-order valence-corrected chi connectivity index (χ2v) is 16.1. The van der Waals surface area contributed by atoms with Crippen LogP contribution in [-0.4, -0.2) is 93.1 Å². The molecule has 2 aliphatic rings. The number of hydrogen-bond acceptors (Lipinski definition) is 8. The molecule has 2 saturated heterocycles. The number of hydrogen-bond donors (Lipinski definition) is 4. The SMILES string of the molecule is COC(=O)N[C@H](C(=O)N1CCC[C@H]1c1ncc(CCc2ccc3cc(-c4ccc5nc([C@@H]6CCCN6C(=O)[C@@H](NC(=O)OC)C(C)C)[nH]c5c4)ccc3c2)[nH]1)C(C)C. The molecule has 14 nitrogen and oxygen atoms in total. The molecule has 58 heavy (non-hydrogen) atoms. The molecule has 2 fully saturated rings. The third-order valence-corrected chi connectivity index (χ3v) is 11.6. The molecule has 5 aromatic rings. The molecule has 4 atom stereocenters. The first-order valence-electron chi connectivity index (χ1n) is 20.3. The van der Waals surface area contributed by atoms with Gasteiger partial charge in [0.15, 0.2) is 0 Å². The van der Waals surface area contributed by atoms with E-state index in [1.807, 2.05) is 49.8 Å². The number of nitrogens with one attached hydrogen (secondary N) is 4. The number of aromatic amines is 2. The van der Waals surface area contributed by atoms with Crippen LogP contribution in [0.1, 0.15) is 88.4 Å². The summed E-state index contributed by atoms with van der Waals surface area (Å²) >= 11 is 0. The van der Waals surface area contributed by atoms with Crippen LogP contribution in [0.4, 0.5) is 9.59 Å². The highest BCUT2D eigenvalue weighted by Crippen LogP contribution is 2.35. The largest absolute Gasteiger partial charge is 0.453 e. The van der Waals surface area contributed by atoms with Gasteiger partial charge in [0.25, 0.3) is 0 Å². The number of amides is 4. The highest BCUT2D eigenvalue weighted by Gasteiger charge is 2.39. The van der Waals surface area contributed by atoms with Gasteiger partial charge >= 0.3 is 12.2 Å². The van der Waals surface area contributed by atoms with Gasteiger partial charge in [-0.1, -0.05) is 64.1 Å². The number of likely N-dealkylation sites (tertiary alicyclic amines) is 2. The Kier molecular flexibility index (Phi) is 12.0. The van der Waals surface area contributed by atoms with Crippen molar-refractivity contribution in [1.29, 1.82) is 0 Å². The first-order chi connectivity index (χ1) is 27.9. The van der Waals surface area contributed by atoms with E-state index in [-0.39, 0.29) is 35.7 Å². The van der Waals surface area contributed by atoms with Crippen LogP contribution in [0.3, 0.4) is 0 Å². The van der Waals surface area contributed by atoms with Crippen LogP contribution in [0.2, 0.25) is 0 Å². The Labute approximate surface area is 338 Å². The molecule has 2 aliphatic heterocycles. The molecule has 0 bridgehead atoms. The minimum absolute atomic E-state index is 0.0907. The average molecular weight is 791 g/mol. The van der Waals surface area contributed by atoms with E-state index in [0.717, 1.165) is 88.8 Å². The number of aryl methyl sites for hydroxylation is 2. The average Bonchev–Trinajstić information content (AvgIpc) is 4.06. The van der Waals surface area contributed by atoms with Gasteiger partial charge < -0.3 is 39.9 Å². The van der Waals surface area contributed by atoms with Crippen molar-refractivity contribution in [2.75, 3.05) is 27.3 Å². The fourth-order valence-electron chi connectivity index (χ4n) is 8.33. The Morgan fingerprint density at radius 2 is 1.29 bits per heavy atom. The molecule has 0 unspecified atom stereocenters. The van der Waals surface area contributed by atoms with E-state index in [0.29, 0.717) is 13.1 Å². The molecule has 0 aliphatic carbocycles. The molecule has 7 rings (SSSR count). The Hall–Kier alpha value is -5.92. The van der Waals surface area contributed by atoms with Gasteiger partial charge in [-0.3, -0.25) is 9.59 Å². The van der Waals surface area contributed by atoms with E-state index in [1.165, 1.54) is 19.8 Å². The van der Waals surface area contributed by atoms with Crippen LogP contribution >= 0.6 is 0 Å². The van der Waals surface area contributed by atoms with Gasteiger partial charge in [0, 0.05) is 25.0 Å². The molecule has 306 valence electrons. The maximum Gasteiger partial charge on any atom is 0.407 e. The maximum absolute atomic E-state index is 13.6. The number of rotatable bonds is 12. The van der Waals surface area contributed by atoms with E-state index in [4.69, 9.17) is 14.5 Å². The summed E-state index contributed by atoms with van der Waals surface area (Å²) in [5.74, 6) is 1.08. The summed E-state index contributed by atoms with van der Waals surface area (Å²) in [7, 11) is 2.59. The predicted molar refractivity (Wildman–Crippen MR) is 221 cm³/mol. The number of methoxy groups -OCH3 is 2. The third-order valence-electron chi connectivity index (χ3n) is 11.6. The molecule has 4 heterocycles. The van der Waals surface area contributed by atoms with Crippen molar-refractivity contribution in [2.24, 2.45) is 11.8 Å². The molecule has 2 aromatic heterocycles. The number of aromatic nitrogens is 4. The summed E-state index contributed by atoms with van der Waals surface area (Å²) in [5.41, 5.74) is 6.12. The van der Waals surface area contributed by atoms with Gasteiger partial charge in [0.05, 0.1) is 37.3 Å². The first-order valence-corrected chi connectivity index (χ1v) is 20.3. The Morgan fingerprint density at radius 1 is 0.724 bits per heavy atom. The van der Waals surface area contributed by atoms with Crippen molar-refractivity contribution in [2.45, 2.75) is 90.4 Å². The van der Waals surface area contributed by atoms with Gasteiger partial charge in [0.1, 0.15) is 23.7 Å². The van der Waals surface area contributed by atoms with E-state index >= 15 is 0 Å². The molecular weight excluding hydrogens is 737 g/mol. The summed E-state index contributed by atoms with van der Waals surface area (Å²) < 4.78 is 9.54. The number of H-pyrrole nitrogens is 2. The van der Waals surface area contributed by atoms with Gasteiger partial charge in [-0.2, -0.15) is 0 Å². The summed E-state index contributed by atoms with van der Waals surface area (Å²) in [4.78, 5) is 71.3.